The molecule has 0 aliphatic carbocycles. The maximum absolute atomic E-state index is 11.7. The summed E-state index contributed by atoms with van der Waals surface area (Å²) in [6.07, 6.45) is 0. The van der Waals surface area contributed by atoms with Crippen molar-refractivity contribution in [1.82, 2.24) is 5.32 Å². The average Bonchev–Trinajstić information content (AvgIpc) is 2.61. The number of benzene rings is 2. The van der Waals surface area contributed by atoms with E-state index in [-0.39, 0.29) is 6.61 Å². The highest BCUT2D eigenvalue weighted by atomic mass is 16.5. The van der Waals surface area contributed by atoms with E-state index in [1.807, 2.05) is 6.07 Å². The van der Waals surface area contributed by atoms with Crippen molar-refractivity contribution in [3.05, 3.63) is 54.1 Å². The van der Waals surface area contributed by atoms with E-state index in [2.05, 4.69) is 10.6 Å². The van der Waals surface area contributed by atoms with E-state index in [1.165, 1.54) is 0 Å². The predicted octanol–water partition coefficient (Wildman–Crippen LogP) is 2.29. The van der Waals surface area contributed by atoms with Crippen LogP contribution in [0.4, 0.5) is 10.5 Å². The molecule has 0 heterocycles. The van der Waals surface area contributed by atoms with Crippen LogP contribution in [0, 0.1) is 11.3 Å². The Morgan fingerprint density at radius 1 is 1.04 bits per heavy atom. The summed E-state index contributed by atoms with van der Waals surface area (Å²) >= 11 is 0. The molecule has 0 atom stereocenters. The highest BCUT2D eigenvalue weighted by Gasteiger charge is 2.09. The first-order valence-corrected chi connectivity index (χ1v) is 6.98. The van der Waals surface area contributed by atoms with Crippen LogP contribution in [0.1, 0.15) is 5.56 Å². The van der Waals surface area contributed by atoms with Crippen LogP contribution in [-0.2, 0) is 4.79 Å². The minimum atomic E-state index is -0.659. The quantitative estimate of drug-likeness (QED) is 0.878. The highest BCUT2D eigenvalue weighted by molar-refractivity contribution is 6.01. The summed E-state index contributed by atoms with van der Waals surface area (Å²) in [7, 11) is 1.54. The van der Waals surface area contributed by atoms with Gasteiger partial charge in [-0.25, -0.2) is 4.79 Å². The second kappa shape index (κ2) is 8.19. The molecule has 0 unspecified atom stereocenters. The molecule has 2 rings (SSSR count). The number of hydrogen-bond acceptors (Lipinski definition) is 5. The molecule has 0 spiro atoms. The molecule has 122 valence electrons. The van der Waals surface area contributed by atoms with Crippen LogP contribution < -0.4 is 20.1 Å². The highest BCUT2D eigenvalue weighted by Crippen LogP contribution is 2.14. The Bertz CT molecular complexity index is 749. The second-order valence-electron chi connectivity index (χ2n) is 4.66. The van der Waals surface area contributed by atoms with Crippen molar-refractivity contribution in [2.45, 2.75) is 0 Å². The van der Waals surface area contributed by atoms with Gasteiger partial charge in [0.2, 0.25) is 0 Å². The number of nitrogens with one attached hydrogen (secondary N) is 2. The molecular weight excluding hydrogens is 310 g/mol. The van der Waals surface area contributed by atoms with Crippen molar-refractivity contribution in [1.29, 1.82) is 5.26 Å². The first-order valence-electron chi connectivity index (χ1n) is 6.98. The Balaban J connectivity index is 1.78. The SMILES string of the molecule is COc1ccc(NC(=O)NC(=O)COc2ccc(C#N)cc2)cc1. The Labute approximate surface area is 138 Å². The van der Waals surface area contributed by atoms with Crippen LogP contribution >= 0.6 is 0 Å². The van der Waals surface area contributed by atoms with Gasteiger partial charge >= 0.3 is 6.03 Å². The van der Waals surface area contributed by atoms with E-state index in [4.69, 9.17) is 14.7 Å². The Morgan fingerprint density at radius 2 is 1.67 bits per heavy atom. The molecule has 0 aliphatic heterocycles. The topological polar surface area (TPSA) is 100 Å². The van der Waals surface area contributed by atoms with Gasteiger partial charge in [0, 0.05) is 5.69 Å². The van der Waals surface area contributed by atoms with Crippen LogP contribution in [-0.4, -0.2) is 25.7 Å². The number of anilines is 1. The number of carbonyl (C=O) groups excluding carboxylic acids is 2. The van der Waals surface area contributed by atoms with Gasteiger partial charge in [0.1, 0.15) is 11.5 Å². The fourth-order valence-electron chi connectivity index (χ4n) is 1.77. The zero-order valence-corrected chi connectivity index (χ0v) is 12.9. The third kappa shape index (κ3) is 5.03. The minimum Gasteiger partial charge on any atom is -0.497 e. The fraction of sp³-hybridized carbons (Fsp3) is 0.118. The van der Waals surface area contributed by atoms with E-state index in [0.29, 0.717) is 22.7 Å². The van der Waals surface area contributed by atoms with E-state index >= 15 is 0 Å². The van der Waals surface area contributed by atoms with Crippen molar-refractivity contribution in [2.24, 2.45) is 0 Å². The lowest BCUT2D eigenvalue weighted by Crippen LogP contribution is -2.37. The maximum Gasteiger partial charge on any atom is 0.325 e. The summed E-state index contributed by atoms with van der Waals surface area (Å²) in [5.74, 6) is 0.498. The average molecular weight is 325 g/mol. The summed E-state index contributed by atoms with van der Waals surface area (Å²) in [6, 6.07) is 14.3. The monoisotopic (exact) mass is 325 g/mol. The number of methoxy groups -OCH3 is 1. The Morgan fingerprint density at radius 3 is 2.25 bits per heavy atom. The molecule has 24 heavy (non-hydrogen) atoms. The van der Waals surface area contributed by atoms with Gasteiger partial charge < -0.3 is 14.8 Å². The number of urea groups is 1. The molecule has 0 fully saturated rings. The van der Waals surface area contributed by atoms with Gasteiger partial charge in [-0.2, -0.15) is 5.26 Å². The number of imide groups is 1. The van der Waals surface area contributed by atoms with Crippen LogP contribution in [0.2, 0.25) is 0 Å². The predicted molar refractivity (Wildman–Crippen MR) is 86.8 cm³/mol. The van der Waals surface area contributed by atoms with Crippen molar-refractivity contribution >= 4 is 17.6 Å². The molecule has 2 aromatic carbocycles. The molecule has 0 saturated heterocycles. The Kier molecular flexibility index (Phi) is 5.75. The standard InChI is InChI=1S/C17H15N3O4/c1-23-14-8-4-13(5-9-14)19-17(22)20-16(21)11-24-15-6-2-12(10-18)3-7-15/h2-9H,11H2,1H3,(H2,19,20,21,22). The van der Waals surface area contributed by atoms with E-state index in [9.17, 15) is 9.59 Å². The number of hydrogen-bond donors (Lipinski definition) is 2. The summed E-state index contributed by atoms with van der Waals surface area (Å²) in [4.78, 5) is 23.4. The normalized spacial score (nSPS) is 9.50. The Hall–Kier alpha value is -3.53. The molecule has 0 aromatic heterocycles. The fourth-order valence-corrected chi connectivity index (χ4v) is 1.77. The molecule has 0 radical (unpaired) electrons. The number of rotatable bonds is 5. The summed E-state index contributed by atoms with van der Waals surface area (Å²) in [5.41, 5.74) is 1.01. The van der Waals surface area contributed by atoms with Gasteiger partial charge in [-0.1, -0.05) is 0 Å². The van der Waals surface area contributed by atoms with Gasteiger partial charge in [0.15, 0.2) is 6.61 Å². The van der Waals surface area contributed by atoms with Gasteiger partial charge in [0.25, 0.3) is 5.91 Å². The number of nitrogens with zero attached hydrogens (tertiary/aromatic N) is 1. The molecule has 7 nitrogen and oxygen atoms in total. The summed E-state index contributed by atoms with van der Waals surface area (Å²) in [5, 5.41) is 13.4. The smallest absolute Gasteiger partial charge is 0.325 e. The number of amides is 3. The van der Waals surface area contributed by atoms with Gasteiger partial charge in [-0.3, -0.25) is 10.1 Å². The van der Waals surface area contributed by atoms with E-state index in [1.54, 1.807) is 55.6 Å². The summed E-state index contributed by atoms with van der Waals surface area (Å²) < 4.78 is 10.2. The molecule has 0 bridgehead atoms. The van der Waals surface area contributed by atoms with E-state index in [0.717, 1.165) is 0 Å². The number of carbonyl (C=O) groups is 2. The van der Waals surface area contributed by atoms with Crippen LogP contribution in [0.5, 0.6) is 11.5 Å². The lowest BCUT2D eigenvalue weighted by atomic mass is 10.2. The molecule has 3 amide bonds. The van der Waals surface area contributed by atoms with Crippen molar-refractivity contribution in [2.75, 3.05) is 19.0 Å². The van der Waals surface area contributed by atoms with Crippen molar-refractivity contribution < 1.29 is 19.1 Å². The molecule has 2 N–H and O–H groups in total. The first kappa shape index (κ1) is 16.8. The largest absolute Gasteiger partial charge is 0.497 e. The lowest BCUT2D eigenvalue weighted by molar-refractivity contribution is -0.121. The molecular formula is C17H15N3O4. The maximum atomic E-state index is 11.7. The minimum absolute atomic E-state index is 0.318. The first-order chi connectivity index (χ1) is 11.6. The number of ether oxygens (including phenoxy) is 2. The van der Waals surface area contributed by atoms with Crippen LogP contribution in [0.25, 0.3) is 0 Å². The zero-order valence-electron chi connectivity index (χ0n) is 12.9. The zero-order chi connectivity index (χ0) is 17.4. The second-order valence-corrected chi connectivity index (χ2v) is 4.66. The number of nitriles is 1. The van der Waals surface area contributed by atoms with Gasteiger partial charge in [-0.05, 0) is 48.5 Å². The van der Waals surface area contributed by atoms with Crippen LogP contribution in [0.15, 0.2) is 48.5 Å². The van der Waals surface area contributed by atoms with Crippen molar-refractivity contribution in [3.63, 3.8) is 0 Å². The van der Waals surface area contributed by atoms with E-state index < -0.39 is 11.9 Å². The van der Waals surface area contributed by atoms with Crippen molar-refractivity contribution in [3.8, 4) is 17.6 Å². The van der Waals surface area contributed by atoms with Gasteiger partial charge in [0.05, 0.1) is 18.7 Å². The third-order valence-corrected chi connectivity index (χ3v) is 2.95. The summed E-state index contributed by atoms with van der Waals surface area (Å²) in [6.45, 7) is -0.318. The molecule has 0 aliphatic rings. The lowest BCUT2D eigenvalue weighted by Gasteiger charge is -2.08. The molecule has 2 aromatic rings. The molecule has 7 heteroatoms. The van der Waals surface area contributed by atoms with Crippen LogP contribution in [0.3, 0.4) is 0 Å². The third-order valence-electron chi connectivity index (χ3n) is 2.95. The van der Waals surface area contributed by atoms with Gasteiger partial charge in [-0.15, -0.1) is 0 Å². The molecule has 0 saturated carbocycles.